The summed E-state index contributed by atoms with van der Waals surface area (Å²) in [6, 6.07) is 12.0. The molecule has 0 atom stereocenters. The van der Waals surface area contributed by atoms with Crippen LogP contribution in [0.4, 0.5) is 0 Å². The lowest BCUT2D eigenvalue weighted by Gasteiger charge is -2.30. The molecule has 1 aromatic carbocycles. The summed E-state index contributed by atoms with van der Waals surface area (Å²) in [7, 11) is 0. The monoisotopic (exact) mass is 340 g/mol. The first kappa shape index (κ1) is 14.7. The van der Waals surface area contributed by atoms with Gasteiger partial charge in [-0.15, -0.1) is 11.3 Å². The summed E-state index contributed by atoms with van der Waals surface area (Å²) in [6.07, 6.45) is 0.639. The number of halogens is 1. The normalized spacial score (nSPS) is 11.8. The molecule has 19 heavy (non-hydrogen) atoms. The van der Waals surface area contributed by atoms with E-state index in [0.717, 1.165) is 19.8 Å². The number of aryl methyl sites for hydroxylation is 1. The predicted molar refractivity (Wildman–Crippen MR) is 82.8 cm³/mol. The lowest BCUT2D eigenvalue weighted by atomic mass is 9.78. The van der Waals surface area contributed by atoms with Crippen LogP contribution in [0.3, 0.4) is 0 Å². The van der Waals surface area contributed by atoms with Gasteiger partial charge in [0, 0.05) is 10.3 Å². The van der Waals surface area contributed by atoms with E-state index >= 15 is 0 Å². The molecule has 2 N–H and O–H groups in total. The van der Waals surface area contributed by atoms with Gasteiger partial charge in [-0.05, 0) is 47.0 Å². The SMILES string of the molecule is Cc1cccc(C(CO)(CO)Cc2ccc(Br)s2)c1. The smallest absolute Gasteiger partial charge is 0.0701 e. The first-order chi connectivity index (χ1) is 9.09. The fourth-order valence-corrected chi connectivity index (χ4v) is 3.83. The largest absolute Gasteiger partial charge is 0.395 e. The molecule has 0 fully saturated rings. The minimum atomic E-state index is -0.615. The quantitative estimate of drug-likeness (QED) is 0.876. The maximum atomic E-state index is 9.82. The fraction of sp³-hybridized carbons (Fsp3) is 0.333. The van der Waals surface area contributed by atoms with Crippen LogP contribution in [-0.4, -0.2) is 23.4 Å². The second-order valence-electron chi connectivity index (χ2n) is 4.85. The van der Waals surface area contributed by atoms with Crippen LogP contribution in [0.15, 0.2) is 40.2 Å². The van der Waals surface area contributed by atoms with Crippen LogP contribution < -0.4 is 0 Å². The third kappa shape index (κ3) is 3.26. The Morgan fingerprint density at radius 2 is 1.89 bits per heavy atom. The molecule has 1 aromatic heterocycles. The van der Waals surface area contributed by atoms with Crippen molar-refractivity contribution in [2.45, 2.75) is 18.8 Å². The highest BCUT2D eigenvalue weighted by atomic mass is 79.9. The molecule has 0 aliphatic rings. The summed E-state index contributed by atoms with van der Waals surface area (Å²) >= 11 is 5.08. The summed E-state index contributed by atoms with van der Waals surface area (Å²) in [6.45, 7) is 1.88. The van der Waals surface area contributed by atoms with Crippen molar-refractivity contribution in [1.82, 2.24) is 0 Å². The molecule has 0 saturated carbocycles. The van der Waals surface area contributed by atoms with Gasteiger partial charge in [-0.3, -0.25) is 0 Å². The van der Waals surface area contributed by atoms with E-state index in [2.05, 4.69) is 15.9 Å². The Kier molecular flexibility index (Phi) is 4.79. The van der Waals surface area contributed by atoms with Gasteiger partial charge >= 0.3 is 0 Å². The van der Waals surface area contributed by atoms with E-state index in [0.29, 0.717) is 6.42 Å². The molecule has 0 bridgehead atoms. The molecular formula is C15H17BrO2S. The van der Waals surface area contributed by atoms with Crippen molar-refractivity contribution in [3.05, 3.63) is 56.2 Å². The highest BCUT2D eigenvalue weighted by molar-refractivity contribution is 9.11. The average Bonchev–Trinajstić information content (AvgIpc) is 2.81. The average molecular weight is 341 g/mol. The molecule has 0 saturated heterocycles. The predicted octanol–water partition coefficient (Wildman–Crippen LogP) is 3.28. The number of aliphatic hydroxyl groups is 2. The number of hydrogen-bond acceptors (Lipinski definition) is 3. The number of aliphatic hydroxyl groups excluding tert-OH is 2. The number of hydrogen-bond donors (Lipinski definition) is 2. The summed E-state index contributed by atoms with van der Waals surface area (Å²) < 4.78 is 1.07. The van der Waals surface area contributed by atoms with Crippen molar-refractivity contribution >= 4 is 27.3 Å². The van der Waals surface area contributed by atoms with E-state index in [1.807, 2.05) is 43.3 Å². The Balaban J connectivity index is 2.37. The van der Waals surface area contributed by atoms with Gasteiger partial charge in [0.05, 0.1) is 17.0 Å². The molecule has 0 aliphatic carbocycles. The molecule has 0 aliphatic heterocycles. The van der Waals surface area contributed by atoms with Crippen molar-refractivity contribution in [2.75, 3.05) is 13.2 Å². The van der Waals surface area contributed by atoms with E-state index < -0.39 is 5.41 Å². The van der Waals surface area contributed by atoms with E-state index in [1.165, 1.54) is 0 Å². The van der Waals surface area contributed by atoms with Crippen molar-refractivity contribution in [3.8, 4) is 0 Å². The maximum Gasteiger partial charge on any atom is 0.0701 e. The van der Waals surface area contributed by atoms with Crippen molar-refractivity contribution < 1.29 is 10.2 Å². The van der Waals surface area contributed by atoms with E-state index in [1.54, 1.807) is 11.3 Å². The van der Waals surface area contributed by atoms with Crippen LogP contribution in [0.2, 0.25) is 0 Å². The van der Waals surface area contributed by atoms with Gasteiger partial charge in [-0.25, -0.2) is 0 Å². The highest BCUT2D eigenvalue weighted by Crippen LogP contribution is 2.32. The van der Waals surface area contributed by atoms with Gasteiger partial charge in [-0.2, -0.15) is 0 Å². The Labute approximate surface area is 125 Å². The van der Waals surface area contributed by atoms with Crippen LogP contribution in [-0.2, 0) is 11.8 Å². The molecule has 0 unspecified atom stereocenters. The Bertz CT molecular complexity index is 547. The zero-order valence-electron chi connectivity index (χ0n) is 10.8. The van der Waals surface area contributed by atoms with Gasteiger partial charge in [-0.1, -0.05) is 29.8 Å². The number of rotatable bonds is 5. The summed E-state index contributed by atoms with van der Waals surface area (Å²) in [5.74, 6) is 0. The van der Waals surface area contributed by atoms with Crippen LogP contribution in [0.5, 0.6) is 0 Å². The molecule has 0 radical (unpaired) electrons. The third-order valence-electron chi connectivity index (χ3n) is 3.38. The van der Waals surface area contributed by atoms with Crippen LogP contribution >= 0.6 is 27.3 Å². The van der Waals surface area contributed by atoms with Crippen molar-refractivity contribution in [1.29, 1.82) is 0 Å². The molecule has 2 rings (SSSR count). The van der Waals surface area contributed by atoms with Crippen molar-refractivity contribution in [2.24, 2.45) is 0 Å². The fourth-order valence-electron chi connectivity index (χ4n) is 2.20. The third-order valence-corrected chi connectivity index (χ3v) is 5.00. The molecule has 102 valence electrons. The molecular weight excluding hydrogens is 324 g/mol. The van der Waals surface area contributed by atoms with Gasteiger partial charge < -0.3 is 10.2 Å². The summed E-state index contributed by atoms with van der Waals surface area (Å²) in [4.78, 5) is 1.15. The van der Waals surface area contributed by atoms with Crippen molar-refractivity contribution in [3.63, 3.8) is 0 Å². The minimum Gasteiger partial charge on any atom is -0.395 e. The molecule has 2 aromatic rings. The lowest BCUT2D eigenvalue weighted by Crippen LogP contribution is -2.37. The van der Waals surface area contributed by atoms with E-state index in [-0.39, 0.29) is 13.2 Å². The van der Waals surface area contributed by atoms with Gasteiger partial charge in [0.25, 0.3) is 0 Å². The zero-order chi connectivity index (χ0) is 13.9. The Morgan fingerprint density at radius 1 is 1.16 bits per heavy atom. The number of benzene rings is 1. The van der Waals surface area contributed by atoms with Crippen LogP contribution in [0.25, 0.3) is 0 Å². The molecule has 2 nitrogen and oxygen atoms in total. The standard InChI is InChI=1S/C15H17BrO2S/c1-11-3-2-4-12(7-11)15(9-17,10-18)8-13-5-6-14(16)19-13/h2-7,17-18H,8-10H2,1H3. The van der Waals surface area contributed by atoms with Gasteiger partial charge in [0.15, 0.2) is 0 Å². The van der Waals surface area contributed by atoms with Crippen LogP contribution in [0, 0.1) is 6.92 Å². The first-order valence-corrected chi connectivity index (χ1v) is 7.74. The summed E-state index contributed by atoms with van der Waals surface area (Å²) in [5, 5.41) is 19.6. The molecule has 4 heteroatoms. The Hall–Kier alpha value is -0.680. The highest BCUT2D eigenvalue weighted by Gasteiger charge is 2.32. The molecule has 1 heterocycles. The maximum absolute atomic E-state index is 9.82. The van der Waals surface area contributed by atoms with Gasteiger partial charge in [0.1, 0.15) is 0 Å². The van der Waals surface area contributed by atoms with E-state index in [9.17, 15) is 10.2 Å². The van der Waals surface area contributed by atoms with E-state index in [4.69, 9.17) is 0 Å². The second-order valence-corrected chi connectivity index (χ2v) is 7.40. The second kappa shape index (κ2) is 6.18. The topological polar surface area (TPSA) is 40.5 Å². The van der Waals surface area contributed by atoms with Gasteiger partial charge in [0.2, 0.25) is 0 Å². The first-order valence-electron chi connectivity index (χ1n) is 6.13. The summed E-state index contributed by atoms with van der Waals surface area (Å²) in [5.41, 5.74) is 1.51. The van der Waals surface area contributed by atoms with Crippen LogP contribution in [0.1, 0.15) is 16.0 Å². The minimum absolute atomic E-state index is 0.0670. The molecule has 0 spiro atoms. The Morgan fingerprint density at radius 3 is 2.42 bits per heavy atom. The lowest BCUT2D eigenvalue weighted by molar-refractivity contribution is 0.117. The zero-order valence-corrected chi connectivity index (χ0v) is 13.2. The molecule has 0 amide bonds. The number of thiophene rings is 1.